The van der Waals surface area contributed by atoms with Crippen molar-refractivity contribution in [2.45, 2.75) is 12.8 Å². The molecule has 0 unspecified atom stereocenters. The molecule has 1 aromatic carbocycles. The lowest BCUT2D eigenvalue weighted by Crippen LogP contribution is -2.02. The molecule has 68 valence electrons. The number of halogens is 1. The van der Waals surface area contributed by atoms with Crippen LogP contribution >= 0.6 is 15.9 Å². The van der Waals surface area contributed by atoms with Crippen LogP contribution in [0.3, 0.4) is 0 Å². The van der Waals surface area contributed by atoms with E-state index in [2.05, 4.69) is 51.6 Å². The van der Waals surface area contributed by atoms with Crippen LogP contribution in [-0.4, -0.2) is 6.54 Å². The van der Waals surface area contributed by atoms with Gasteiger partial charge in [-0.1, -0.05) is 28.1 Å². The third-order valence-corrected chi connectivity index (χ3v) is 2.71. The molecule has 0 aromatic heterocycles. The van der Waals surface area contributed by atoms with Gasteiger partial charge in [-0.05, 0) is 36.6 Å². The highest BCUT2D eigenvalue weighted by Gasteiger charge is 2.03. The van der Waals surface area contributed by atoms with E-state index >= 15 is 0 Å². The van der Waals surface area contributed by atoms with Gasteiger partial charge >= 0.3 is 0 Å². The molecular formula is C11H12BrN. The first-order chi connectivity index (χ1) is 6.34. The Bertz CT molecular complexity index is 305. The molecular weight excluding hydrogens is 226 g/mol. The van der Waals surface area contributed by atoms with Crippen molar-refractivity contribution in [1.29, 1.82) is 0 Å². The molecule has 1 N–H and O–H groups in total. The summed E-state index contributed by atoms with van der Waals surface area (Å²) < 4.78 is 1.13. The molecule has 0 saturated carbocycles. The summed E-state index contributed by atoms with van der Waals surface area (Å²) in [6.07, 6.45) is 4.68. The minimum atomic E-state index is 1.13. The number of benzene rings is 1. The lowest BCUT2D eigenvalue weighted by atomic mass is 10.2. The average Bonchev–Trinajstić information content (AvgIpc) is 2.62. The lowest BCUT2D eigenvalue weighted by Gasteiger charge is -1.98. The second-order valence-electron chi connectivity index (χ2n) is 3.25. The molecule has 1 nitrogen and oxygen atoms in total. The summed E-state index contributed by atoms with van der Waals surface area (Å²) in [6.45, 7) is 1.13. The first-order valence-corrected chi connectivity index (χ1v) is 5.34. The largest absolute Gasteiger partial charge is 0.388 e. The van der Waals surface area contributed by atoms with Gasteiger partial charge in [0.25, 0.3) is 0 Å². The van der Waals surface area contributed by atoms with Gasteiger partial charge in [0, 0.05) is 16.7 Å². The Hall–Kier alpha value is -0.760. The Labute approximate surface area is 87.0 Å². The van der Waals surface area contributed by atoms with Gasteiger partial charge in [0.2, 0.25) is 0 Å². The molecule has 2 rings (SSSR count). The van der Waals surface area contributed by atoms with E-state index < -0.39 is 0 Å². The topological polar surface area (TPSA) is 12.0 Å². The van der Waals surface area contributed by atoms with Crippen molar-refractivity contribution in [3.05, 3.63) is 40.0 Å². The third kappa shape index (κ3) is 2.34. The summed E-state index contributed by atoms with van der Waals surface area (Å²) in [5.41, 5.74) is 2.63. The maximum absolute atomic E-state index is 3.42. The van der Waals surface area contributed by atoms with Crippen LogP contribution in [0.2, 0.25) is 0 Å². The Balaban J connectivity index is 2.17. The molecule has 1 heterocycles. The van der Waals surface area contributed by atoms with Crippen LogP contribution in [0.4, 0.5) is 0 Å². The fraction of sp³-hybridized carbons (Fsp3) is 0.273. The van der Waals surface area contributed by atoms with Crippen LogP contribution in [0.5, 0.6) is 0 Å². The van der Waals surface area contributed by atoms with Gasteiger partial charge in [-0.2, -0.15) is 0 Å². The Morgan fingerprint density at radius 1 is 1.23 bits per heavy atom. The van der Waals surface area contributed by atoms with Gasteiger partial charge in [-0.3, -0.25) is 0 Å². The van der Waals surface area contributed by atoms with E-state index in [1.54, 1.807) is 0 Å². The monoisotopic (exact) mass is 237 g/mol. The van der Waals surface area contributed by atoms with E-state index in [0.717, 1.165) is 11.0 Å². The Kier molecular flexibility index (Phi) is 2.69. The Morgan fingerprint density at radius 2 is 2.00 bits per heavy atom. The summed E-state index contributed by atoms with van der Waals surface area (Å²) >= 11 is 3.42. The van der Waals surface area contributed by atoms with Crippen molar-refractivity contribution in [2.24, 2.45) is 0 Å². The van der Waals surface area contributed by atoms with Crippen molar-refractivity contribution in [3.8, 4) is 0 Å². The molecule has 0 spiro atoms. The van der Waals surface area contributed by atoms with E-state index in [4.69, 9.17) is 0 Å². The number of hydrogen-bond donors (Lipinski definition) is 1. The number of rotatable bonds is 1. The molecule has 0 atom stereocenters. The minimum absolute atomic E-state index is 1.13. The van der Waals surface area contributed by atoms with Gasteiger partial charge in [0.05, 0.1) is 0 Å². The second kappa shape index (κ2) is 3.97. The van der Waals surface area contributed by atoms with Gasteiger partial charge in [0.1, 0.15) is 0 Å². The van der Waals surface area contributed by atoms with Crippen LogP contribution < -0.4 is 5.32 Å². The summed E-state index contributed by atoms with van der Waals surface area (Å²) in [4.78, 5) is 0. The zero-order chi connectivity index (χ0) is 9.10. The third-order valence-electron chi connectivity index (χ3n) is 2.19. The maximum atomic E-state index is 3.42. The molecule has 0 amide bonds. The smallest absolute Gasteiger partial charge is 0.0175 e. The van der Waals surface area contributed by atoms with Crippen LogP contribution in [0.25, 0.3) is 6.08 Å². The molecule has 2 heteroatoms. The van der Waals surface area contributed by atoms with Gasteiger partial charge < -0.3 is 5.32 Å². The van der Waals surface area contributed by atoms with Gasteiger partial charge in [0.15, 0.2) is 0 Å². The molecule has 1 aliphatic heterocycles. The molecule has 1 fully saturated rings. The highest BCUT2D eigenvalue weighted by Crippen LogP contribution is 2.16. The van der Waals surface area contributed by atoms with Crippen molar-refractivity contribution >= 4 is 22.0 Å². The molecule has 0 bridgehead atoms. The maximum Gasteiger partial charge on any atom is 0.0175 e. The average molecular weight is 238 g/mol. The highest BCUT2D eigenvalue weighted by molar-refractivity contribution is 9.10. The summed E-state index contributed by atoms with van der Waals surface area (Å²) in [7, 11) is 0. The fourth-order valence-corrected chi connectivity index (χ4v) is 1.76. The predicted octanol–water partition coefficient (Wildman–Crippen LogP) is 3.17. The number of nitrogens with one attached hydrogen (secondary N) is 1. The van der Waals surface area contributed by atoms with Crippen molar-refractivity contribution in [1.82, 2.24) is 5.32 Å². The van der Waals surface area contributed by atoms with Crippen LogP contribution in [0.15, 0.2) is 34.4 Å². The summed E-state index contributed by atoms with van der Waals surface area (Å²) in [5, 5.41) is 3.37. The normalized spacial score (nSPS) is 19.0. The Morgan fingerprint density at radius 3 is 2.62 bits per heavy atom. The SMILES string of the molecule is Brc1ccc(C=C2CCCN2)cc1. The standard InChI is InChI=1S/C11H12BrN/c12-10-5-3-9(4-6-10)8-11-2-1-7-13-11/h3-6,8,13H,1-2,7H2. The van der Waals surface area contributed by atoms with E-state index in [0.29, 0.717) is 0 Å². The zero-order valence-electron chi connectivity index (χ0n) is 7.39. The van der Waals surface area contributed by atoms with Crippen LogP contribution in [0.1, 0.15) is 18.4 Å². The van der Waals surface area contributed by atoms with Crippen molar-refractivity contribution in [2.75, 3.05) is 6.54 Å². The zero-order valence-corrected chi connectivity index (χ0v) is 8.97. The van der Waals surface area contributed by atoms with Crippen molar-refractivity contribution < 1.29 is 0 Å². The molecule has 1 saturated heterocycles. The fourth-order valence-electron chi connectivity index (χ4n) is 1.50. The quantitative estimate of drug-likeness (QED) is 0.792. The number of allylic oxidation sites excluding steroid dienone is 1. The van der Waals surface area contributed by atoms with E-state index in [1.807, 2.05) is 0 Å². The van der Waals surface area contributed by atoms with Crippen molar-refractivity contribution in [3.63, 3.8) is 0 Å². The lowest BCUT2D eigenvalue weighted by molar-refractivity contribution is 0.905. The first-order valence-electron chi connectivity index (χ1n) is 4.54. The molecule has 0 aliphatic carbocycles. The molecule has 1 aromatic rings. The summed E-state index contributed by atoms with van der Waals surface area (Å²) in [5.74, 6) is 0. The van der Waals surface area contributed by atoms with E-state index in [9.17, 15) is 0 Å². The summed E-state index contributed by atoms with van der Waals surface area (Å²) in [6, 6.07) is 8.39. The van der Waals surface area contributed by atoms with Gasteiger partial charge in [-0.15, -0.1) is 0 Å². The molecule has 0 radical (unpaired) electrons. The van der Waals surface area contributed by atoms with E-state index in [1.165, 1.54) is 24.1 Å². The van der Waals surface area contributed by atoms with Crippen LogP contribution in [-0.2, 0) is 0 Å². The molecule has 13 heavy (non-hydrogen) atoms. The highest BCUT2D eigenvalue weighted by atomic mass is 79.9. The van der Waals surface area contributed by atoms with Gasteiger partial charge in [-0.25, -0.2) is 0 Å². The predicted molar refractivity (Wildman–Crippen MR) is 59.4 cm³/mol. The first kappa shape index (κ1) is 8.82. The number of hydrogen-bond acceptors (Lipinski definition) is 1. The van der Waals surface area contributed by atoms with Crippen LogP contribution in [0, 0.1) is 0 Å². The second-order valence-corrected chi connectivity index (χ2v) is 4.17. The van der Waals surface area contributed by atoms with E-state index in [-0.39, 0.29) is 0 Å². The molecule has 1 aliphatic rings. The minimum Gasteiger partial charge on any atom is -0.388 e.